The third-order valence-corrected chi connectivity index (χ3v) is 3.26. The Morgan fingerprint density at radius 2 is 2.27 bits per heavy atom. The van der Waals surface area contributed by atoms with Crippen LogP contribution in [0.5, 0.6) is 0 Å². The fourth-order valence-electron chi connectivity index (χ4n) is 2.74. The van der Waals surface area contributed by atoms with E-state index in [0.717, 1.165) is 18.6 Å². The molecule has 0 saturated heterocycles. The van der Waals surface area contributed by atoms with E-state index in [4.69, 9.17) is 0 Å². The molecule has 11 heavy (non-hydrogen) atoms. The topological polar surface area (TPSA) is 17.1 Å². The van der Waals surface area contributed by atoms with Crippen LogP contribution in [-0.4, -0.2) is 6.29 Å². The number of carbonyl (C=O) groups excluding carboxylic acids is 1. The smallest absolute Gasteiger partial charge is 0.123 e. The third-order valence-electron chi connectivity index (χ3n) is 3.26. The minimum atomic E-state index is 0.361. The predicted molar refractivity (Wildman–Crippen MR) is 44.1 cm³/mol. The van der Waals surface area contributed by atoms with Gasteiger partial charge in [0.2, 0.25) is 0 Å². The van der Waals surface area contributed by atoms with Gasteiger partial charge in [-0.3, -0.25) is 0 Å². The highest BCUT2D eigenvalue weighted by Gasteiger charge is 2.41. The van der Waals surface area contributed by atoms with Gasteiger partial charge in [0.1, 0.15) is 6.29 Å². The van der Waals surface area contributed by atoms with Crippen LogP contribution >= 0.6 is 0 Å². The van der Waals surface area contributed by atoms with Crippen LogP contribution in [0.2, 0.25) is 0 Å². The number of rotatable bonds is 1. The Bertz CT molecular complexity index is 205. The summed E-state index contributed by atoms with van der Waals surface area (Å²) in [7, 11) is 0. The van der Waals surface area contributed by atoms with Gasteiger partial charge in [0.25, 0.3) is 0 Å². The van der Waals surface area contributed by atoms with Crippen molar-refractivity contribution in [3.8, 4) is 0 Å². The summed E-state index contributed by atoms with van der Waals surface area (Å²) >= 11 is 0. The average molecular weight is 150 g/mol. The number of hydrogen-bond donors (Lipinski definition) is 0. The molecule has 2 bridgehead atoms. The summed E-state index contributed by atoms with van der Waals surface area (Å²) in [5.74, 6) is 1.82. The molecule has 3 atom stereocenters. The minimum absolute atomic E-state index is 0.361. The van der Waals surface area contributed by atoms with Crippen LogP contribution in [0.1, 0.15) is 26.2 Å². The van der Waals surface area contributed by atoms with E-state index in [2.05, 4.69) is 13.0 Å². The molecular formula is C10H14O. The van der Waals surface area contributed by atoms with Gasteiger partial charge in [0.15, 0.2) is 0 Å². The van der Waals surface area contributed by atoms with Crippen molar-refractivity contribution >= 4 is 6.29 Å². The molecule has 0 aromatic rings. The van der Waals surface area contributed by atoms with E-state index in [-0.39, 0.29) is 0 Å². The quantitative estimate of drug-likeness (QED) is 0.413. The van der Waals surface area contributed by atoms with E-state index >= 15 is 0 Å². The van der Waals surface area contributed by atoms with Gasteiger partial charge in [0.05, 0.1) is 0 Å². The molecule has 0 aromatic carbocycles. The van der Waals surface area contributed by atoms with Crippen LogP contribution in [0.15, 0.2) is 11.6 Å². The summed E-state index contributed by atoms with van der Waals surface area (Å²) in [6.07, 6.45) is 7.08. The van der Waals surface area contributed by atoms with Gasteiger partial charge >= 0.3 is 0 Å². The highest BCUT2D eigenvalue weighted by Crippen LogP contribution is 2.50. The molecule has 3 unspecified atom stereocenters. The molecule has 0 radical (unpaired) electrons. The molecule has 1 nitrogen and oxygen atoms in total. The van der Waals surface area contributed by atoms with Crippen molar-refractivity contribution in [2.75, 3.05) is 0 Å². The molecule has 2 aliphatic rings. The van der Waals surface area contributed by atoms with E-state index in [9.17, 15) is 4.79 Å². The molecule has 2 aliphatic carbocycles. The zero-order chi connectivity index (χ0) is 7.84. The predicted octanol–water partition coefficient (Wildman–Crippen LogP) is 2.18. The van der Waals surface area contributed by atoms with Crippen molar-refractivity contribution < 1.29 is 4.79 Å². The van der Waals surface area contributed by atoms with Crippen LogP contribution in [0, 0.1) is 17.8 Å². The van der Waals surface area contributed by atoms with Crippen LogP contribution in [-0.2, 0) is 4.79 Å². The lowest BCUT2D eigenvalue weighted by molar-refractivity contribution is -0.111. The summed E-state index contributed by atoms with van der Waals surface area (Å²) in [6, 6.07) is 0. The lowest BCUT2D eigenvalue weighted by Crippen LogP contribution is -2.13. The number of carbonyl (C=O) groups is 1. The maximum Gasteiger partial charge on any atom is 0.123 e. The van der Waals surface area contributed by atoms with Crippen molar-refractivity contribution in [1.82, 2.24) is 0 Å². The maximum absolute atomic E-state index is 10.6. The Labute approximate surface area is 67.5 Å². The molecule has 2 fully saturated rings. The second-order valence-corrected chi connectivity index (χ2v) is 3.81. The molecule has 0 spiro atoms. The van der Waals surface area contributed by atoms with Gasteiger partial charge in [-0.25, -0.2) is 0 Å². The van der Waals surface area contributed by atoms with E-state index in [1.54, 1.807) is 5.57 Å². The van der Waals surface area contributed by atoms with Crippen molar-refractivity contribution in [3.63, 3.8) is 0 Å². The Kier molecular flexibility index (Phi) is 1.59. The normalized spacial score (nSPS) is 45.2. The summed E-state index contributed by atoms with van der Waals surface area (Å²) in [5.41, 5.74) is 1.54. The largest absolute Gasteiger partial charge is 0.303 e. The molecule has 0 N–H and O–H groups in total. The van der Waals surface area contributed by atoms with E-state index in [1.165, 1.54) is 12.8 Å². The molecule has 2 rings (SSSR count). The molecule has 0 heterocycles. The zero-order valence-corrected chi connectivity index (χ0v) is 6.92. The summed E-state index contributed by atoms with van der Waals surface area (Å²) in [5, 5.41) is 0. The van der Waals surface area contributed by atoms with Crippen LogP contribution < -0.4 is 0 Å². The van der Waals surface area contributed by atoms with Gasteiger partial charge in [-0.15, -0.1) is 0 Å². The number of fused-ring (bicyclic) bond motifs is 2. The minimum Gasteiger partial charge on any atom is -0.303 e. The standard InChI is InChI=1S/C10H14O/c1-2-8-3-7-4-9(6-11)10(8)5-7/h2,6-7,9-10H,3-5H2,1H3/b8-2+. The highest BCUT2D eigenvalue weighted by atomic mass is 16.1. The third kappa shape index (κ3) is 0.943. The van der Waals surface area contributed by atoms with Gasteiger partial charge in [0, 0.05) is 5.92 Å². The van der Waals surface area contributed by atoms with E-state index in [0.29, 0.717) is 11.8 Å². The first-order valence-corrected chi connectivity index (χ1v) is 4.45. The molecular weight excluding hydrogens is 136 g/mol. The van der Waals surface area contributed by atoms with Gasteiger partial charge in [-0.05, 0) is 38.0 Å². The lowest BCUT2D eigenvalue weighted by Gasteiger charge is -2.18. The first-order valence-electron chi connectivity index (χ1n) is 4.45. The first-order chi connectivity index (χ1) is 5.35. The second-order valence-electron chi connectivity index (χ2n) is 3.81. The van der Waals surface area contributed by atoms with Gasteiger partial charge < -0.3 is 4.79 Å². The Morgan fingerprint density at radius 3 is 2.82 bits per heavy atom. The van der Waals surface area contributed by atoms with Crippen LogP contribution in [0.25, 0.3) is 0 Å². The van der Waals surface area contributed by atoms with Crippen molar-refractivity contribution in [3.05, 3.63) is 11.6 Å². The Balaban J connectivity index is 2.20. The van der Waals surface area contributed by atoms with E-state index in [1.807, 2.05) is 0 Å². The second kappa shape index (κ2) is 2.47. The molecule has 0 aromatic heterocycles. The SMILES string of the molecule is C/C=C1\CC2CC(C=O)C1C2. The van der Waals surface area contributed by atoms with Crippen LogP contribution in [0.4, 0.5) is 0 Å². The molecule has 1 heteroatoms. The first kappa shape index (κ1) is 7.08. The summed E-state index contributed by atoms with van der Waals surface area (Å²) < 4.78 is 0. The van der Waals surface area contributed by atoms with Gasteiger partial charge in [-0.2, -0.15) is 0 Å². The number of aldehydes is 1. The molecule has 0 aliphatic heterocycles. The summed E-state index contributed by atoms with van der Waals surface area (Å²) in [4.78, 5) is 10.6. The van der Waals surface area contributed by atoms with Gasteiger partial charge in [-0.1, -0.05) is 11.6 Å². The number of hydrogen-bond acceptors (Lipinski definition) is 1. The van der Waals surface area contributed by atoms with Crippen molar-refractivity contribution in [2.24, 2.45) is 17.8 Å². The molecule has 0 amide bonds. The molecule has 60 valence electrons. The Hall–Kier alpha value is -0.590. The average Bonchev–Trinajstić information content (AvgIpc) is 2.60. The Morgan fingerprint density at radius 1 is 1.45 bits per heavy atom. The maximum atomic E-state index is 10.6. The van der Waals surface area contributed by atoms with E-state index < -0.39 is 0 Å². The summed E-state index contributed by atoms with van der Waals surface area (Å²) in [6.45, 7) is 2.10. The fourth-order valence-corrected chi connectivity index (χ4v) is 2.74. The lowest BCUT2D eigenvalue weighted by atomic mass is 9.86. The monoisotopic (exact) mass is 150 g/mol. The van der Waals surface area contributed by atoms with Crippen molar-refractivity contribution in [2.45, 2.75) is 26.2 Å². The zero-order valence-electron chi connectivity index (χ0n) is 6.92. The number of allylic oxidation sites excluding steroid dienone is 2. The van der Waals surface area contributed by atoms with Crippen molar-refractivity contribution in [1.29, 1.82) is 0 Å². The fraction of sp³-hybridized carbons (Fsp3) is 0.700. The highest BCUT2D eigenvalue weighted by molar-refractivity contribution is 5.57. The van der Waals surface area contributed by atoms with Crippen LogP contribution in [0.3, 0.4) is 0 Å². The molecule has 2 saturated carbocycles.